The molecule has 15 heavy (non-hydrogen) atoms. The summed E-state index contributed by atoms with van der Waals surface area (Å²) in [5.74, 6) is 0.181. The molecule has 3 heteroatoms. The van der Waals surface area contributed by atoms with Crippen LogP contribution in [-0.4, -0.2) is 20.3 Å². The Bertz CT molecular complexity index is 417. The van der Waals surface area contributed by atoms with Crippen LogP contribution >= 0.6 is 0 Å². The van der Waals surface area contributed by atoms with Crippen molar-refractivity contribution in [2.24, 2.45) is 0 Å². The smallest absolute Gasteiger partial charge is 0.216 e. The molecule has 0 N–H and O–H groups in total. The van der Waals surface area contributed by atoms with Crippen LogP contribution in [0.5, 0.6) is 5.75 Å². The summed E-state index contributed by atoms with van der Waals surface area (Å²) < 4.78 is 16.5. The quantitative estimate of drug-likeness (QED) is 0.699. The first-order valence-electron chi connectivity index (χ1n) is 5.00. The highest BCUT2D eigenvalue weighted by molar-refractivity contribution is 5.64. The van der Waals surface area contributed by atoms with E-state index in [1.807, 2.05) is 30.4 Å². The predicted molar refractivity (Wildman–Crippen MR) is 55.6 cm³/mol. The number of methoxy groups -OCH3 is 1. The lowest BCUT2D eigenvalue weighted by molar-refractivity contribution is -0.120. The fourth-order valence-corrected chi connectivity index (χ4v) is 2.08. The topological polar surface area (TPSA) is 27.7 Å². The van der Waals surface area contributed by atoms with Crippen LogP contribution < -0.4 is 4.74 Å². The average Bonchev–Trinajstić information content (AvgIpc) is 2.89. The molecule has 0 aromatic heterocycles. The number of hydrogen-bond donors (Lipinski definition) is 0. The SMILES string of the molecule is COc1ccc2c(c1)C1(C=C2)OCCO1. The van der Waals surface area contributed by atoms with Gasteiger partial charge in [-0.25, -0.2) is 0 Å². The largest absolute Gasteiger partial charge is 0.497 e. The van der Waals surface area contributed by atoms with Crippen molar-refractivity contribution < 1.29 is 14.2 Å². The van der Waals surface area contributed by atoms with E-state index >= 15 is 0 Å². The van der Waals surface area contributed by atoms with Gasteiger partial charge in [0.2, 0.25) is 5.79 Å². The van der Waals surface area contributed by atoms with Gasteiger partial charge in [0.05, 0.1) is 20.3 Å². The molecule has 0 saturated carbocycles. The summed E-state index contributed by atoms with van der Waals surface area (Å²) >= 11 is 0. The lowest BCUT2D eigenvalue weighted by atomic mass is 10.1. The summed E-state index contributed by atoms with van der Waals surface area (Å²) in [7, 11) is 1.66. The van der Waals surface area contributed by atoms with Crippen molar-refractivity contribution in [3.8, 4) is 5.75 Å². The molecule has 0 unspecified atom stereocenters. The van der Waals surface area contributed by atoms with E-state index in [1.165, 1.54) is 0 Å². The molecule has 0 radical (unpaired) electrons. The molecule has 1 spiro atoms. The van der Waals surface area contributed by atoms with Crippen molar-refractivity contribution in [1.82, 2.24) is 0 Å². The van der Waals surface area contributed by atoms with Gasteiger partial charge < -0.3 is 14.2 Å². The molecule has 3 nitrogen and oxygen atoms in total. The summed E-state index contributed by atoms with van der Waals surface area (Å²) in [6.07, 6.45) is 3.99. The first-order chi connectivity index (χ1) is 7.34. The third-order valence-corrected chi connectivity index (χ3v) is 2.83. The Balaban J connectivity index is 2.10. The number of hydrogen-bond acceptors (Lipinski definition) is 3. The van der Waals surface area contributed by atoms with Gasteiger partial charge >= 0.3 is 0 Å². The van der Waals surface area contributed by atoms with Gasteiger partial charge in [-0.05, 0) is 23.8 Å². The molecule has 0 bridgehead atoms. The van der Waals surface area contributed by atoms with Crippen LogP contribution in [0, 0.1) is 0 Å². The second-order valence-corrected chi connectivity index (χ2v) is 3.65. The van der Waals surface area contributed by atoms with E-state index in [2.05, 4.69) is 0 Å². The highest BCUT2D eigenvalue weighted by atomic mass is 16.7. The molecule has 1 aliphatic carbocycles. The molecule has 1 saturated heterocycles. The van der Waals surface area contributed by atoms with E-state index in [4.69, 9.17) is 14.2 Å². The van der Waals surface area contributed by atoms with Crippen LogP contribution in [0.25, 0.3) is 6.08 Å². The highest BCUT2D eigenvalue weighted by Crippen LogP contribution is 2.42. The average molecular weight is 204 g/mol. The number of rotatable bonds is 1. The summed E-state index contributed by atoms with van der Waals surface area (Å²) in [4.78, 5) is 0. The van der Waals surface area contributed by atoms with Gasteiger partial charge in [0.15, 0.2) is 0 Å². The number of benzene rings is 1. The monoisotopic (exact) mass is 204 g/mol. The van der Waals surface area contributed by atoms with Gasteiger partial charge in [-0.2, -0.15) is 0 Å². The van der Waals surface area contributed by atoms with Crippen LogP contribution in [-0.2, 0) is 15.3 Å². The van der Waals surface area contributed by atoms with Crippen LogP contribution in [0.1, 0.15) is 11.1 Å². The molecule has 1 fully saturated rings. The number of fused-ring (bicyclic) bond motifs is 2. The predicted octanol–water partition coefficient (Wildman–Crippen LogP) is 1.92. The van der Waals surface area contributed by atoms with E-state index in [-0.39, 0.29) is 0 Å². The van der Waals surface area contributed by atoms with E-state index in [1.54, 1.807) is 7.11 Å². The van der Waals surface area contributed by atoms with Crippen LogP contribution in [0.15, 0.2) is 24.3 Å². The molecule has 1 aromatic rings. The Morgan fingerprint density at radius 3 is 2.80 bits per heavy atom. The first-order valence-corrected chi connectivity index (χ1v) is 5.00. The molecule has 2 aliphatic rings. The third kappa shape index (κ3) is 1.20. The van der Waals surface area contributed by atoms with Gasteiger partial charge in [-0.1, -0.05) is 12.1 Å². The summed E-state index contributed by atoms with van der Waals surface area (Å²) in [5, 5.41) is 0. The van der Waals surface area contributed by atoms with E-state index in [9.17, 15) is 0 Å². The molecule has 78 valence electrons. The van der Waals surface area contributed by atoms with Gasteiger partial charge in [-0.3, -0.25) is 0 Å². The second-order valence-electron chi connectivity index (χ2n) is 3.65. The minimum Gasteiger partial charge on any atom is -0.497 e. The summed E-state index contributed by atoms with van der Waals surface area (Å²) in [6.45, 7) is 1.28. The fraction of sp³-hybridized carbons (Fsp3) is 0.333. The fourth-order valence-electron chi connectivity index (χ4n) is 2.08. The van der Waals surface area contributed by atoms with Crippen LogP contribution in [0.3, 0.4) is 0 Å². The standard InChI is InChI=1S/C12H12O3/c1-13-10-3-2-9-4-5-12(11(9)8-10)14-6-7-15-12/h2-5,8H,6-7H2,1H3. The van der Waals surface area contributed by atoms with Gasteiger partial charge in [0.1, 0.15) is 5.75 Å². The Hall–Kier alpha value is -1.32. The molecule has 1 aromatic carbocycles. The Morgan fingerprint density at radius 2 is 2.07 bits per heavy atom. The highest BCUT2D eigenvalue weighted by Gasteiger charge is 2.40. The van der Waals surface area contributed by atoms with Crippen molar-refractivity contribution in [2.75, 3.05) is 20.3 Å². The van der Waals surface area contributed by atoms with Gasteiger partial charge in [0.25, 0.3) is 0 Å². The Morgan fingerprint density at radius 1 is 1.27 bits per heavy atom. The van der Waals surface area contributed by atoms with Gasteiger partial charge in [-0.15, -0.1) is 0 Å². The maximum absolute atomic E-state index is 5.66. The Labute approximate surface area is 88.3 Å². The molecular formula is C12H12O3. The van der Waals surface area contributed by atoms with E-state index in [0.717, 1.165) is 16.9 Å². The van der Waals surface area contributed by atoms with E-state index in [0.29, 0.717) is 13.2 Å². The molecule has 0 atom stereocenters. The van der Waals surface area contributed by atoms with Crippen molar-refractivity contribution in [2.45, 2.75) is 5.79 Å². The molecular weight excluding hydrogens is 192 g/mol. The maximum Gasteiger partial charge on any atom is 0.216 e. The zero-order chi connectivity index (χ0) is 10.3. The van der Waals surface area contributed by atoms with Crippen molar-refractivity contribution >= 4 is 6.08 Å². The van der Waals surface area contributed by atoms with E-state index < -0.39 is 5.79 Å². The maximum atomic E-state index is 5.66. The zero-order valence-electron chi connectivity index (χ0n) is 8.53. The minimum atomic E-state index is -0.649. The molecule has 3 rings (SSSR count). The normalized spacial score (nSPS) is 20.9. The molecule has 1 heterocycles. The summed E-state index contributed by atoms with van der Waals surface area (Å²) in [6, 6.07) is 5.93. The second kappa shape index (κ2) is 3.08. The van der Waals surface area contributed by atoms with Crippen molar-refractivity contribution in [3.63, 3.8) is 0 Å². The lowest BCUT2D eigenvalue weighted by Crippen LogP contribution is -2.22. The van der Waals surface area contributed by atoms with Crippen LogP contribution in [0.2, 0.25) is 0 Å². The Kier molecular flexibility index (Phi) is 1.84. The summed E-state index contributed by atoms with van der Waals surface area (Å²) in [5.41, 5.74) is 2.18. The minimum absolute atomic E-state index is 0.640. The third-order valence-electron chi connectivity index (χ3n) is 2.83. The first kappa shape index (κ1) is 8.95. The molecule has 0 amide bonds. The zero-order valence-corrected chi connectivity index (χ0v) is 8.53. The van der Waals surface area contributed by atoms with Crippen molar-refractivity contribution in [3.05, 3.63) is 35.4 Å². The molecule has 1 aliphatic heterocycles. The number of ether oxygens (including phenoxy) is 3. The van der Waals surface area contributed by atoms with Crippen molar-refractivity contribution in [1.29, 1.82) is 0 Å². The van der Waals surface area contributed by atoms with Crippen LogP contribution in [0.4, 0.5) is 0 Å². The van der Waals surface area contributed by atoms with Gasteiger partial charge in [0, 0.05) is 5.56 Å². The lowest BCUT2D eigenvalue weighted by Gasteiger charge is -2.21.